The monoisotopic (exact) mass is 463 g/mol. The zero-order valence-corrected chi connectivity index (χ0v) is 17.3. The molecule has 32 heavy (non-hydrogen) atoms. The van der Waals surface area contributed by atoms with E-state index in [-0.39, 0.29) is 12.8 Å². The summed E-state index contributed by atoms with van der Waals surface area (Å²) in [7, 11) is 0. The van der Waals surface area contributed by atoms with Gasteiger partial charge < -0.3 is 47.8 Å². The Morgan fingerprint density at radius 3 is 1.62 bits per heavy atom. The lowest BCUT2D eigenvalue weighted by Gasteiger charge is -2.25. The Bertz CT molecular complexity index is 714. The summed E-state index contributed by atoms with van der Waals surface area (Å²) in [4.78, 5) is 70.1. The van der Waals surface area contributed by atoms with Crippen molar-refractivity contribution < 1.29 is 49.2 Å². The highest BCUT2D eigenvalue weighted by atomic mass is 16.4. The van der Waals surface area contributed by atoms with Gasteiger partial charge in [0, 0.05) is 12.8 Å². The zero-order valence-electron chi connectivity index (χ0n) is 17.3. The number of nitrogens with one attached hydrogen (secondary N) is 3. The van der Waals surface area contributed by atoms with Gasteiger partial charge in [0.2, 0.25) is 23.6 Å². The minimum atomic E-state index is -1.69. The number of carbonyl (C=O) groups is 6. The summed E-state index contributed by atoms with van der Waals surface area (Å²) in [6.45, 7) is 0.271. The van der Waals surface area contributed by atoms with Crippen LogP contribution in [0, 0.1) is 0 Å². The van der Waals surface area contributed by atoms with Gasteiger partial charge in [-0.3, -0.25) is 24.0 Å². The molecule has 0 saturated carbocycles. The maximum atomic E-state index is 12.6. The number of nitrogens with two attached hydrogens (primary N) is 2. The molecule has 0 aromatic heterocycles. The highest BCUT2D eigenvalue weighted by Gasteiger charge is 2.31. The van der Waals surface area contributed by atoms with Gasteiger partial charge in [0.15, 0.2) is 0 Å². The third-order valence-corrected chi connectivity index (χ3v) is 4.21. The molecule has 5 unspecified atom stereocenters. The number of hydrogen-bond acceptors (Lipinski definition) is 9. The number of aliphatic carboxylic acids is 2. The normalized spacial score (nSPS) is 15.4. The van der Waals surface area contributed by atoms with Crippen LogP contribution in [-0.4, -0.2) is 92.9 Å². The molecule has 15 heteroatoms. The highest BCUT2D eigenvalue weighted by molar-refractivity contribution is 5.94. The quantitative estimate of drug-likeness (QED) is 0.111. The van der Waals surface area contributed by atoms with Crippen LogP contribution in [0.3, 0.4) is 0 Å². The van der Waals surface area contributed by atoms with E-state index < -0.39 is 85.3 Å². The van der Waals surface area contributed by atoms with Crippen LogP contribution in [0.4, 0.5) is 0 Å². The van der Waals surface area contributed by atoms with Gasteiger partial charge >= 0.3 is 11.9 Å². The molecule has 0 aliphatic carbocycles. The summed E-state index contributed by atoms with van der Waals surface area (Å²) >= 11 is 0. The van der Waals surface area contributed by atoms with Crippen molar-refractivity contribution in [1.29, 1.82) is 0 Å². The topological polar surface area (TPSA) is 271 Å². The summed E-state index contributed by atoms with van der Waals surface area (Å²) in [5.74, 6) is -6.72. The molecule has 182 valence electrons. The van der Waals surface area contributed by atoms with Crippen LogP contribution < -0.4 is 27.4 Å². The first-order chi connectivity index (χ1) is 14.8. The zero-order chi connectivity index (χ0) is 25.0. The second-order valence-corrected chi connectivity index (χ2v) is 6.91. The van der Waals surface area contributed by atoms with E-state index in [4.69, 9.17) is 26.8 Å². The number of carbonyl (C=O) groups excluding carboxylic acids is 4. The summed E-state index contributed by atoms with van der Waals surface area (Å²) in [5, 5.41) is 42.6. The SMILES string of the molecule is CC(O)C(N)C(=O)NC(CCC(=O)O)C(=O)NC(CCC(N)=O)C(=O)NC(CO)C(=O)O. The average Bonchev–Trinajstić information content (AvgIpc) is 2.70. The molecule has 15 nitrogen and oxygen atoms in total. The highest BCUT2D eigenvalue weighted by Crippen LogP contribution is 2.04. The molecule has 0 aromatic carbocycles. The van der Waals surface area contributed by atoms with Gasteiger partial charge in [-0.05, 0) is 19.8 Å². The third kappa shape index (κ3) is 10.6. The van der Waals surface area contributed by atoms with Crippen LogP contribution in [0.15, 0.2) is 0 Å². The van der Waals surface area contributed by atoms with Crippen molar-refractivity contribution in [3.63, 3.8) is 0 Å². The van der Waals surface area contributed by atoms with E-state index >= 15 is 0 Å². The second kappa shape index (κ2) is 13.9. The van der Waals surface area contributed by atoms with Crippen LogP contribution in [0.5, 0.6) is 0 Å². The molecule has 11 N–H and O–H groups in total. The maximum absolute atomic E-state index is 12.6. The van der Waals surface area contributed by atoms with Gasteiger partial charge in [-0.15, -0.1) is 0 Å². The standard InChI is InChI=1S/C17H29N5O10/c1-7(24)13(19)16(30)21-9(3-5-12(26)27)14(28)20-8(2-4-11(18)25)15(29)22-10(6-23)17(31)32/h7-10,13,23-24H,2-6,19H2,1H3,(H2,18,25)(H,20,28)(H,21,30)(H,22,29)(H,26,27)(H,31,32). The van der Waals surface area contributed by atoms with Crippen molar-refractivity contribution in [2.24, 2.45) is 11.5 Å². The Morgan fingerprint density at radius 2 is 1.25 bits per heavy atom. The van der Waals surface area contributed by atoms with E-state index in [2.05, 4.69) is 10.6 Å². The third-order valence-electron chi connectivity index (χ3n) is 4.21. The van der Waals surface area contributed by atoms with Gasteiger partial charge in [0.1, 0.15) is 24.2 Å². The molecule has 0 aliphatic rings. The molecule has 0 heterocycles. The number of primary amides is 1. The molecule has 5 atom stereocenters. The molecule has 0 aliphatic heterocycles. The van der Waals surface area contributed by atoms with Crippen molar-refractivity contribution >= 4 is 35.6 Å². The lowest BCUT2D eigenvalue weighted by atomic mass is 10.1. The Morgan fingerprint density at radius 1 is 0.812 bits per heavy atom. The largest absolute Gasteiger partial charge is 0.481 e. The first kappa shape index (κ1) is 28.7. The molecular weight excluding hydrogens is 434 g/mol. The predicted octanol–water partition coefficient (Wildman–Crippen LogP) is -4.64. The summed E-state index contributed by atoms with van der Waals surface area (Å²) < 4.78 is 0. The maximum Gasteiger partial charge on any atom is 0.328 e. The van der Waals surface area contributed by atoms with Crippen LogP contribution >= 0.6 is 0 Å². The van der Waals surface area contributed by atoms with Gasteiger partial charge in [-0.25, -0.2) is 4.79 Å². The number of hydrogen-bond donors (Lipinski definition) is 9. The summed E-state index contributed by atoms with van der Waals surface area (Å²) in [5.41, 5.74) is 10.5. The van der Waals surface area contributed by atoms with Gasteiger partial charge in [-0.2, -0.15) is 0 Å². The van der Waals surface area contributed by atoms with E-state index in [0.717, 1.165) is 0 Å². The number of aliphatic hydroxyl groups is 2. The first-order valence-corrected chi connectivity index (χ1v) is 9.48. The number of aliphatic hydroxyl groups excluding tert-OH is 2. The van der Waals surface area contributed by atoms with Crippen LogP contribution in [-0.2, 0) is 28.8 Å². The number of rotatable bonds is 15. The summed E-state index contributed by atoms with van der Waals surface area (Å²) in [6, 6.07) is -6.11. The molecule has 0 spiro atoms. The van der Waals surface area contributed by atoms with Crippen LogP contribution in [0.1, 0.15) is 32.6 Å². The molecule has 0 radical (unpaired) electrons. The van der Waals surface area contributed by atoms with Crippen LogP contribution in [0.25, 0.3) is 0 Å². The number of carboxylic acids is 2. The number of carboxylic acid groups (broad SMARTS) is 2. The van der Waals surface area contributed by atoms with Crippen molar-refractivity contribution in [3.8, 4) is 0 Å². The van der Waals surface area contributed by atoms with E-state index in [9.17, 15) is 33.9 Å². The van der Waals surface area contributed by atoms with Crippen molar-refractivity contribution in [3.05, 3.63) is 0 Å². The molecule has 0 aromatic rings. The smallest absolute Gasteiger partial charge is 0.328 e. The molecule has 0 fully saturated rings. The Balaban J connectivity index is 5.55. The van der Waals surface area contributed by atoms with E-state index in [1.165, 1.54) is 6.92 Å². The first-order valence-electron chi connectivity index (χ1n) is 9.48. The van der Waals surface area contributed by atoms with Gasteiger partial charge in [0.05, 0.1) is 12.7 Å². The van der Waals surface area contributed by atoms with Crippen LogP contribution in [0.2, 0.25) is 0 Å². The Hall–Kier alpha value is -3.30. The molecule has 0 rings (SSSR count). The fourth-order valence-corrected chi connectivity index (χ4v) is 2.31. The molecule has 0 bridgehead atoms. The second-order valence-electron chi connectivity index (χ2n) is 6.91. The van der Waals surface area contributed by atoms with E-state index in [1.54, 1.807) is 0 Å². The fraction of sp³-hybridized carbons (Fsp3) is 0.647. The Kier molecular flexibility index (Phi) is 12.5. The molecule has 0 saturated heterocycles. The molecule has 4 amide bonds. The molecular formula is C17H29N5O10. The lowest BCUT2D eigenvalue weighted by molar-refractivity contribution is -0.143. The van der Waals surface area contributed by atoms with Gasteiger partial charge in [-0.1, -0.05) is 0 Å². The van der Waals surface area contributed by atoms with E-state index in [1.807, 2.05) is 5.32 Å². The summed E-state index contributed by atoms with van der Waals surface area (Å²) in [6.07, 6.45) is -2.96. The lowest BCUT2D eigenvalue weighted by Crippen LogP contribution is -2.58. The van der Waals surface area contributed by atoms with Crippen molar-refractivity contribution in [2.75, 3.05) is 6.61 Å². The van der Waals surface area contributed by atoms with Gasteiger partial charge in [0.25, 0.3) is 0 Å². The minimum Gasteiger partial charge on any atom is -0.481 e. The average molecular weight is 463 g/mol. The number of amides is 4. The van der Waals surface area contributed by atoms with Crippen molar-refractivity contribution in [2.45, 2.75) is 62.9 Å². The van der Waals surface area contributed by atoms with E-state index in [0.29, 0.717) is 0 Å². The Labute approximate surface area is 182 Å². The van der Waals surface area contributed by atoms with Crippen molar-refractivity contribution in [1.82, 2.24) is 16.0 Å². The minimum absolute atomic E-state index is 0.350. The fourth-order valence-electron chi connectivity index (χ4n) is 2.31. The predicted molar refractivity (Wildman–Crippen MR) is 105 cm³/mol.